The van der Waals surface area contributed by atoms with Gasteiger partial charge in [-0.3, -0.25) is 14.2 Å². The largest absolute Gasteiger partial charge is 0.350 e. The molecule has 0 radical (unpaired) electrons. The van der Waals surface area contributed by atoms with E-state index in [-0.39, 0.29) is 11.5 Å². The van der Waals surface area contributed by atoms with Crippen LogP contribution in [0.4, 0.5) is 0 Å². The Hall–Kier alpha value is -4.26. The number of carbonyl (C=O) groups excluding carboxylic acids is 1. The topological polar surface area (TPSA) is 81.8 Å². The maximum absolute atomic E-state index is 12.8. The lowest BCUT2D eigenvalue weighted by atomic mass is 10.1. The standard InChI is InChI=1S/C25H21N5O2/c31-24(21-11-10-19-8-4-5-9-20(19)14-21)26-12-13-30-23-22(15-28-30)25(32)29(17-27-23)16-18-6-2-1-3-7-18/h1-11,14-15,17H,12-13,16H2,(H,26,31). The fourth-order valence-electron chi connectivity index (χ4n) is 3.76. The van der Waals surface area contributed by atoms with Crippen molar-refractivity contribution < 1.29 is 4.79 Å². The molecule has 5 rings (SSSR count). The molecule has 0 spiro atoms. The highest BCUT2D eigenvalue weighted by Crippen LogP contribution is 2.15. The van der Waals surface area contributed by atoms with E-state index >= 15 is 0 Å². The Morgan fingerprint density at radius 2 is 1.72 bits per heavy atom. The van der Waals surface area contributed by atoms with E-state index in [4.69, 9.17) is 0 Å². The molecule has 0 aliphatic rings. The number of nitrogens with one attached hydrogen (secondary N) is 1. The van der Waals surface area contributed by atoms with Gasteiger partial charge in [-0.25, -0.2) is 9.67 Å². The van der Waals surface area contributed by atoms with Gasteiger partial charge in [0.2, 0.25) is 0 Å². The van der Waals surface area contributed by atoms with Crippen LogP contribution >= 0.6 is 0 Å². The summed E-state index contributed by atoms with van der Waals surface area (Å²) in [5.41, 5.74) is 2.01. The molecule has 5 aromatic rings. The van der Waals surface area contributed by atoms with Gasteiger partial charge in [0.25, 0.3) is 11.5 Å². The quantitative estimate of drug-likeness (QED) is 0.455. The number of amides is 1. The van der Waals surface area contributed by atoms with Crippen molar-refractivity contribution in [3.05, 3.63) is 107 Å². The third kappa shape index (κ3) is 3.88. The molecule has 2 heterocycles. The lowest BCUT2D eigenvalue weighted by Gasteiger charge is -2.08. The first kappa shape index (κ1) is 19.7. The van der Waals surface area contributed by atoms with Gasteiger partial charge in [0.1, 0.15) is 11.7 Å². The number of aromatic nitrogens is 4. The molecular formula is C25H21N5O2. The zero-order chi connectivity index (χ0) is 21.9. The summed E-state index contributed by atoms with van der Waals surface area (Å²) in [7, 11) is 0. The van der Waals surface area contributed by atoms with E-state index in [1.54, 1.807) is 15.6 Å². The number of rotatable bonds is 6. The summed E-state index contributed by atoms with van der Waals surface area (Å²) in [5, 5.41) is 9.80. The van der Waals surface area contributed by atoms with Gasteiger partial charge in [-0.05, 0) is 28.5 Å². The Morgan fingerprint density at radius 3 is 2.56 bits per heavy atom. The fraction of sp³-hybridized carbons (Fsp3) is 0.120. The highest BCUT2D eigenvalue weighted by Gasteiger charge is 2.11. The van der Waals surface area contributed by atoms with E-state index in [1.165, 1.54) is 6.20 Å². The number of carbonyl (C=O) groups is 1. The van der Waals surface area contributed by atoms with Crippen LogP contribution in [0.2, 0.25) is 0 Å². The summed E-state index contributed by atoms with van der Waals surface area (Å²) in [6.07, 6.45) is 3.08. The van der Waals surface area contributed by atoms with Gasteiger partial charge in [0, 0.05) is 12.1 Å². The zero-order valence-corrected chi connectivity index (χ0v) is 17.3. The van der Waals surface area contributed by atoms with Crippen LogP contribution < -0.4 is 10.9 Å². The van der Waals surface area contributed by atoms with Gasteiger partial charge in [-0.15, -0.1) is 0 Å². The van der Waals surface area contributed by atoms with Gasteiger partial charge in [0.05, 0.1) is 19.3 Å². The molecule has 7 heteroatoms. The smallest absolute Gasteiger partial charge is 0.264 e. The van der Waals surface area contributed by atoms with E-state index in [1.807, 2.05) is 72.8 Å². The summed E-state index contributed by atoms with van der Waals surface area (Å²) in [6.45, 7) is 1.24. The van der Waals surface area contributed by atoms with Crippen LogP contribution in [0.5, 0.6) is 0 Å². The average Bonchev–Trinajstić information content (AvgIpc) is 3.25. The Morgan fingerprint density at radius 1 is 0.938 bits per heavy atom. The van der Waals surface area contributed by atoms with Crippen LogP contribution in [0, 0.1) is 0 Å². The van der Waals surface area contributed by atoms with Crippen molar-refractivity contribution in [3.63, 3.8) is 0 Å². The van der Waals surface area contributed by atoms with Crippen LogP contribution in [0.1, 0.15) is 15.9 Å². The van der Waals surface area contributed by atoms with Gasteiger partial charge in [0.15, 0.2) is 5.65 Å². The van der Waals surface area contributed by atoms with Crippen molar-refractivity contribution in [1.29, 1.82) is 0 Å². The number of benzene rings is 3. The molecular weight excluding hydrogens is 402 g/mol. The van der Waals surface area contributed by atoms with Crippen LogP contribution in [0.3, 0.4) is 0 Å². The van der Waals surface area contributed by atoms with E-state index < -0.39 is 0 Å². The average molecular weight is 423 g/mol. The second-order valence-electron chi connectivity index (χ2n) is 7.59. The second kappa shape index (κ2) is 8.47. The molecule has 32 heavy (non-hydrogen) atoms. The number of fused-ring (bicyclic) bond motifs is 2. The molecule has 1 N–H and O–H groups in total. The second-order valence-corrected chi connectivity index (χ2v) is 7.59. The van der Waals surface area contributed by atoms with Crippen molar-refractivity contribution in [2.75, 3.05) is 6.54 Å². The molecule has 0 bridgehead atoms. The molecule has 0 aliphatic carbocycles. The first-order valence-corrected chi connectivity index (χ1v) is 10.4. The van der Waals surface area contributed by atoms with Gasteiger partial charge in [-0.1, -0.05) is 60.7 Å². The molecule has 3 aromatic carbocycles. The molecule has 158 valence electrons. The predicted octanol–water partition coefficient (Wildman–Crippen LogP) is 3.22. The SMILES string of the molecule is O=C(NCCn1ncc2c(=O)n(Cc3ccccc3)cnc21)c1ccc2ccccc2c1. The first-order chi connectivity index (χ1) is 15.7. The predicted molar refractivity (Wildman–Crippen MR) is 124 cm³/mol. The maximum atomic E-state index is 12.8. The van der Waals surface area contributed by atoms with E-state index in [9.17, 15) is 9.59 Å². The monoisotopic (exact) mass is 423 g/mol. The number of hydrogen-bond acceptors (Lipinski definition) is 4. The van der Waals surface area contributed by atoms with Gasteiger partial charge >= 0.3 is 0 Å². The Bertz CT molecular complexity index is 1470. The van der Waals surface area contributed by atoms with Crippen LogP contribution in [-0.4, -0.2) is 31.8 Å². The molecule has 0 aliphatic heterocycles. The summed E-state index contributed by atoms with van der Waals surface area (Å²) in [6, 6.07) is 23.3. The highest BCUT2D eigenvalue weighted by atomic mass is 16.1. The molecule has 2 aromatic heterocycles. The third-order valence-electron chi connectivity index (χ3n) is 5.44. The first-order valence-electron chi connectivity index (χ1n) is 10.4. The third-order valence-corrected chi connectivity index (χ3v) is 5.44. The molecule has 7 nitrogen and oxygen atoms in total. The highest BCUT2D eigenvalue weighted by molar-refractivity contribution is 5.98. The minimum atomic E-state index is -0.148. The molecule has 0 atom stereocenters. The molecule has 0 unspecified atom stereocenters. The summed E-state index contributed by atoms with van der Waals surface area (Å²) in [5.74, 6) is -0.148. The van der Waals surface area contributed by atoms with Crippen molar-refractivity contribution in [3.8, 4) is 0 Å². The van der Waals surface area contributed by atoms with Crippen LogP contribution in [-0.2, 0) is 13.1 Å². The normalized spacial score (nSPS) is 11.1. The molecule has 0 saturated heterocycles. The minimum Gasteiger partial charge on any atom is -0.350 e. The summed E-state index contributed by atoms with van der Waals surface area (Å²) in [4.78, 5) is 29.8. The number of nitrogens with zero attached hydrogens (tertiary/aromatic N) is 4. The van der Waals surface area contributed by atoms with Gasteiger partial charge in [-0.2, -0.15) is 5.10 Å². The lowest BCUT2D eigenvalue weighted by Crippen LogP contribution is -2.27. The van der Waals surface area contributed by atoms with Crippen molar-refractivity contribution >= 4 is 27.7 Å². The molecule has 1 amide bonds. The van der Waals surface area contributed by atoms with Crippen molar-refractivity contribution in [1.82, 2.24) is 24.6 Å². The van der Waals surface area contributed by atoms with E-state index in [2.05, 4.69) is 15.4 Å². The van der Waals surface area contributed by atoms with Crippen LogP contribution in [0.25, 0.3) is 21.8 Å². The van der Waals surface area contributed by atoms with E-state index in [0.717, 1.165) is 16.3 Å². The molecule has 0 fully saturated rings. The summed E-state index contributed by atoms with van der Waals surface area (Å²) >= 11 is 0. The lowest BCUT2D eigenvalue weighted by molar-refractivity contribution is 0.0952. The minimum absolute atomic E-state index is 0.134. The van der Waals surface area contributed by atoms with Gasteiger partial charge < -0.3 is 5.32 Å². The zero-order valence-electron chi connectivity index (χ0n) is 17.3. The van der Waals surface area contributed by atoms with E-state index in [0.29, 0.717) is 36.2 Å². The summed E-state index contributed by atoms with van der Waals surface area (Å²) < 4.78 is 3.22. The van der Waals surface area contributed by atoms with Crippen molar-refractivity contribution in [2.45, 2.75) is 13.1 Å². The number of hydrogen-bond donors (Lipinski definition) is 1. The fourth-order valence-corrected chi connectivity index (χ4v) is 3.76. The maximum Gasteiger partial charge on any atom is 0.264 e. The Kier molecular flexibility index (Phi) is 5.21. The Balaban J connectivity index is 1.27. The Labute approximate surface area is 183 Å². The van der Waals surface area contributed by atoms with Crippen LogP contribution in [0.15, 0.2) is 90.1 Å². The molecule has 0 saturated carbocycles. The van der Waals surface area contributed by atoms with Crippen molar-refractivity contribution in [2.24, 2.45) is 0 Å².